The summed E-state index contributed by atoms with van der Waals surface area (Å²) in [6.07, 6.45) is 3.00. The van der Waals surface area contributed by atoms with Crippen molar-refractivity contribution in [2.24, 2.45) is 5.92 Å². The zero-order valence-electron chi connectivity index (χ0n) is 12.4. The Morgan fingerprint density at radius 3 is 2.29 bits per heavy atom. The lowest BCUT2D eigenvalue weighted by Gasteiger charge is -2.15. The lowest BCUT2D eigenvalue weighted by molar-refractivity contribution is 0.102. The summed E-state index contributed by atoms with van der Waals surface area (Å²) in [6.45, 7) is 2.21. The number of anilines is 1. The van der Waals surface area contributed by atoms with Gasteiger partial charge in [0.15, 0.2) is 5.13 Å². The number of hydrogen-bond donors (Lipinski definition) is 1. The van der Waals surface area contributed by atoms with Crippen molar-refractivity contribution in [1.82, 2.24) is 4.98 Å². The topological polar surface area (TPSA) is 42.0 Å². The quantitative estimate of drug-likeness (QED) is 0.409. The fraction of sp³-hybridized carbons (Fsp3) is 0.333. The molecule has 1 atom stereocenters. The van der Waals surface area contributed by atoms with Crippen molar-refractivity contribution in [2.75, 3.05) is 5.32 Å². The number of nitrogens with one attached hydrogen (secondary N) is 1. The molecule has 1 aliphatic rings. The zero-order chi connectivity index (χ0) is 17.6. The predicted molar refractivity (Wildman–Crippen MR) is 103 cm³/mol. The first-order valence-electron chi connectivity index (χ1n) is 7.11. The Labute approximate surface area is 168 Å². The third kappa shape index (κ3) is 3.37. The van der Waals surface area contributed by atoms with Crippen molar-refractivity contribution in [3.8, 4) is 0 Å². The predicted octanol–water partition coefficient (Wildman–Crippen LogP) is 6.79. The molecule has 1 aliphatic carbocycles. The van der Waals surface area contributed by atoms with E-state index in [-0.39, 0.29) is 30.7 Å². The third-order valence-electron chi connectivity index (χ3n) is 3.84. The molecule has 1 N–H and O–H groups in total. The Hall–Kier alpha value is -0.230. The fourth-order valence-electron chi connectivity index (χ4n) is 2.56. The van der Waals surface area contributed by atoms with Crippen LogP contribution < -0.4 is 5.32 Å². The van der Waals surface area contributed by atoms with Crippen LogP contribution in [-0.2, 0) is 12.8 Å². The van der Waals surface area contributed by atoms with Crippen LogP contribution in [0, 0.1) is 5.92 Å². The molecule has 0 aliphatic heterocycles. The largest absolute Gasteiger partial charge is 0.298 e. The first kappa shape index (κ1) is 18.6. The Kier molecular flexibility index (Phi) is 5.55. The Balaban J connectivity index is 1.92. The van der Waals surface area contributed by atoms with E-state index in [1.165, 1.54) is 16.2 Å². The van der Waals surface area contributed by atoms with Crippen LogP contribution in [0.15, 0.2) is 0 Å². The van der Waals surface area contributed by atoms with Crippen molar-refractivity contribution < 1.29 is 4.79 Å². The number of halogens is 5. The van der Waals surface area contributed by atoms with Crippen LogP contribution in [0.3, 0.4) is 0 Å². The summed E-state index contributed by atoms with van der Waals surface area (Å²) in [5.41, 5.74) is 1.03. The number of rotatable bonds is 2. The van der Waals surface area contributed by atoms with Crippen LogP contribution >= 0.6 is 69.3 Å². The SMILES string of the molecule is CC1CCc2nc(NC(=O)c3c(Cl)c(Cl)c(Cl)c(Cl)c3Cl)sc2C1. The molecular formula is C15H11Cl5N2OS. The number of aryl methyl sites for hydroxylation is 1. The van der Waals surface area contributed by atoms with Crippen LogP contribution in [0.4, 0.5) is 5.13 Å². The van der Waals surface area contributed by atoms with Gasteiger partial charge in [0.1, 0.15) is 0 Å². The normalized spacial score (nSPS) is 16.8. The van der Waals surface area contributed by atoms with E-state index in [2.05, 4.69) is 17.2 Å². The number of benzene rings is 1. The van der Waals surface area contributed by atoms with Gasteiger partial charge in [0, 0.05) is 4.88 Å². The summed E-state index contributed by atoms with van der Waals surface area (Å²) < 4.78 is 0. The van der Waals surface area contributed by atoms with Crippen LogP contribution in [0.25, 0.3) is 0 Å². The van der Waals surface area contributed by atoms with E-state index in [4.69, 9.17) is 58.0 Å². The van der Waals surface area contributed by atoms with Gasteiger partial charge in [0.25, 0.3) is 5.91 Å². The minimum absolute atomic E-state index is 0.00913. The first-order valence-corrected chi connectivity index (χ1v) is 9.81. The Bertz CT molecular complexity index is 807. The second kappa shape index (κ2) is 7.18. The number of carbonyl (C=O) groups is 1. The van der Waals surface area contributed by atoms with E-state index in [9.17, 15) is 4.79 Å². The molecule has 2 aromatic rings. The van der Waals surface area contributed by atoms with Gasteiger partial charge in [-0.25, -0.2) is 4.98 Å². The molecule has 0 saturated carbocycles. The highest BCUT2D eigenvalue weighted by Gasteiger charge is 2.26. The number of thiazole rings is 1. The van der Waals surface area contributed by atoms with Gasteiger partial charge in [-0.05, 0) is 25.2 Å². The van der Waals surface area contributed by atoms with Gasteiger partial charge in [-0.1, -0.05) is 64.9 Å². The maximum Gasteiger partial charge on any atom is 0.260 e. The molecule has 3 nitrogen and oxygen atoms in total. The van der Waals surface area contributed by atoms with E-state index in [0.29, 0.717) is 11.0 Å². The Morgan fingerprint density at radius 1 is 1.08 bits per heavy atom. The van der Waals surface area contributed by atoms with Crippen LogP contribution in [0.1, 0.15) is 34.3 Å². The molecule has 1 aromatic carbocycles. The second-order valence-corrected chi connectivity index (χ2v) is 8.61. The average Bonchev–Trinajstić information content (AvgIpc) is 2.92. The van der Waals surface area contributed by atoms with Crippen molar-refractivity contribution in [1.29, 1.82) is 0 Å². The van der Waals surface area contributed by atoms with Crippen LogP contribution in [0.2, 0.25) is 25.1 Å². The molecule has 0 spiro atoms. The molecule has 3 rings (SSSR count). The lowest BCUT2D eigenvalue weighted by Crippen LogP contribution is -2.14. The van der Waals surface area contributed by atoms with Gasteiger partial charge in [-0.15, -0.1) is 11.3 Å². The van der Waals surface area contributed by atoms with Crippen molar-refractivity contribution in [2.45, 2.75) is 26.2 Å². The van der Waals surface area contributed by atoms with E-state index in [0.717, 1.165) is 25.0 Å². The summed E-state index contributed by atoms with van der Waals surface area (Å²) in [7, 11) is 0. The molecule has 1 unspecified atom stereocenters. The first-order chi connectivity index (χ1) is 11.3. The number of aromatic nitrogens is 1. The van der Waals surface area contributed by atoms with E-state index in [1.54, 1.807) is 0 Å². The third-order valence-corrected chi connectivity index (χ3v) is 7.16. The van der Waals surface area contributed by atoms with Gasteiger partial charge in [-0.3, -0.25) is 10.1 Å². The van der Waals surface area contributed by atoms with Crippen molar-refractivity contribution in [3.63, 3.8) is 0 Å². The number of fused-ring (bicyclic) bond motifs is 1. The summed E-state index contributed by atoms with van der Waals surface area (Å²) >= 11 is 31.6. The summed E-state index contributed by atoms with van der Waals surface area (Å²) in [4.78, 5) is 18.3. The molecule has 128 valence electrons. The van der Waals surface area contributed by atoms with Crippen molar-refractivity contribution >= 4 is 80.4 Å². The van der Waals surface area contributed by atoms with Gasteiger partial charge < -0.3 is 0 Å². The number of hydrogen-bond acceptors (Lipinski definition) is 3. The maximum atomic E-state index is 12.6. The van der Waals surface area contributed by atoms with Gasteiger partial charge in [0.2, 0.25) is 0 Å². The standard InChI is InChI=1S/C15H11Cl5N2OS/c1-5-2-3-6-7(4-5)24-15(21-6)22-14(23)8-9(16)11(18)13(20)12(19)10(8)17/h5H,2-4H2,1H3,(H,21,22,23). The van der Waals surface area contributed by atoms with E-state index < -0.39 is 5.91 Å². The minimum Gasteiger partial charge on any atom is -0.298 e. The highest BCUT2D eigenvalue weighted by molar-refractivity contribution is 7.15. The Morgan fingerprint density at radius 2 is 1.67 bits per heavy atom. The van der Waals surface area contributed by atoms with Crippen molar-refractivity contribution in [3.05, 3.63) is 41.2 Å². The molecule has 9 heteroatoms. The van der Waals surface area contributed by atoms with E-state index in [1.807, 2.05) is 0 Å². The molecule has 1 heterocycles. The fourth-order valence-corrected chi connectivity index (χ4v) is 5.03. The zero-order valence-corrected chi connectivity index (χ0v) is 16.9. The number of amides is 1. The molecule has 0 fully saturated rings. The number of carbonyl (C=O) groups excluding carboxylic acids is 1. The van der Waals surface area contributed by atoms with Gasteiger partial charge in [-0.2, -0.15) is 0 Å². The summed E-state index contributed by atoms with van der Waals surface area (Å²) in [5.74, 6) is 0.101. The minimum atomic E-state index is -0.524. The van der Waals surface area contributed by atoms with Gasteiger partial charge >= 0.3 is 0 Å². The lowest BCUT2D eigenvalue weighted by atomic mass is 9.93. The molecule has 24 heavy (non-hydrogen) atoms. The van der Waals surface area contributed by atoms with Gasteiger partial charge in [0.05, 0.1) is 36.4 Å². The van der Waals surface area contributed by atoms with E-state index >= 15 is 0 Å². The molecule has 0 bridgehead atoms. The maximum absolute atomic E-state index is 12.6. The number of nitrogens with zero attached hydrogens (tertiary/aromatic N) is 1. The highest BCUT2D eigenvalue weighted by Crippen LogP contribution is 2.44. The average molecular weight is 445 g/mol. The highest BCUT2D eigenvalue weighted by atomic mass is 35.5. The molecule has 1 aromatic heterocycles. The summed E-state index contributed by atoms with van der Waals surface area (Å²) in [6, 6.07) is 0. The van der Waals surface area contributed by atoms with Crippen LogP contribution in [-0.4, -0.2) is 10.9 Å². The second-order valence-electron chi connectivity index (χ2n) is 5.64. The molecule has 1 amide bonds. The monoisotopic (exact) mass is 442 g/mol. The molecular weight excluding hydrogens is 434 g/mol. The summed E-state index contributed by atoms with van der Waals surface area (Å²) in [5, 5.41) is 3.15. The molecule has 0 radical (unpaired) electrons. The molecule has 0 saturated heterocycles. The van der Waals surface area contributed by atoms with Crippen LogP contribution in [0.5, 0.6) is 0 Å². The smallest absolute Gasteiger partial charge is 0.260 e.